The molecular weight excluding hydrogens is 268 g/mol. The minimum atomic E-state index is -1.60. The molecule has 21 heavy (non-hydrogen) atoms. The summed E-state index contributed by atoms with van der Waals surface area (Å²) >= 11 is 0. The van der Waals surface area contributed by atoms with E-state index in [0.717, 1.165) is 0 Å². The lowest BCUT2D eigenvalue weighted by Crippen LogP contribution is -2.43. The summed E-state index contributed by atoms with van der Waals surface area (Å²) < 4.78 is 0. The molecule has 0 N–H and O–H groups in total. The van der Waals surface area contributed by atoms with E-state index >= 15 is 0 Å². The van der Waals surface area contributed by atoms with Crippen LogP contribution in [0.2, 0.25) is 16.6 Å². The summed E-state index contributed by atoms with van der Waals surface area (Å²) in [5.41, 5.74) is 8.60. The van der Waals surface area contributed by atoms with Crippen LogP contribution in [0.1, 0.15) is 65.5 Å². The van der Waals surface area contributed by atoms with Crippen molar-refractivity contribution < 1.29 is 0 Å². The van der Waals surface area contributed by atoms with Crippen LogP contribution < -0.4 is 0 Å². The highest BCUT2D eigenvalue weighted by Crippen LogP contribution is 2.40. The van der Waals surface area contributed by atoms with Gasteiger partial charge in [-0.25, -0.2) is 0 Å². The summed E-state index contributed by atoms with van der Waals surface area (Å²) in [5, 5.41) is 0. The summed E-state index contributed by atoms with van der Waals surface area (Å²) in [4.78, 5) is 0. The van der Waals surface area contributed by atoms with E-state index in [1.807, 2.05) is 0 Å². The van der Waals surface area contributed by atoms with Gasteiger partial charge in [0.15, 0.2) is 0 Å². The van der Waals surface area contributed by atoms with E-state index in [1.54, 1.807) is 0 Å². The molecule has 0 nitrogen and oxygen atoms in total. The monoisotopic (exact) mass is 300 g/mol. The van der Waals surface area contributed by atoms with Gasteiger partial charge < -0.3 is 0 Å². The van der Waals surface area contributed by atoms with E-state index < -0.39 is 8.07 Å². The van der Waals surface area contributed by atoms with Crippen molar-refractivity contribution in [2.75, 3.05) is 0 Å². The van der Waals surface area contributed by atoms with Crippen LogP contribution in [-0.2, 0) is 0 Å². The highest BCUT2D eigenvalue weighted by atomic mass is 28.3. The molecular formula is C20H32Si. The number of hydrogen-bond acceptors (Lipinski definition) is 0. The summed E-state index contributed by atoms with van der Waals surface area (Å²) in [6.45, 7) is 18.6. The smallest absolute Gasteiger partial charge is 0.130 e. The van der Waals surface area contributed by atoms with Crippen molar-refractivity contribution in [3.05, 3.63) is 35.4 Å². The zero-order chi connectivity index (χ0) is 16.2. The predicted octanol–water partition coefficient (Wildman–Crippen LogP) is 6.32. The molecule has 0 amide bonds. The molecule has 0 spiro atoms. The lowest BCUT2D eigenvalue weighted by atomic mass is 10.0. The standard InChI is InChI=1S/C20H32Si/c1-15(2)21(16(3)4,17(5)6)14-13-19(8)20-11-9-18(7)10-12-20/h9-12,15-17,19H,1-8H3. The van der Waals surface area contributed by atoms with Crippen LogP contribution in [0.5, 0.6) is 0 Å². The highest BCUT2D eigenvalue weighted by molar-refractivity contribution is 6.90. The first kappa shape index (κ1) is 18.0. The van der Waals surface area contributed by atoms with Gasteiger partial charge in [0.2, 0.25) is 0 Å². The Bertz CT molecular complexity index is 475. The van der Waals surface area contributed by atoms with Crippen molar-refractivity contribution in [2.24, 2.45) is 0 Å². The molecule has 116 valence electrons. The fourth-order valence-electron chi connectivity index (χ4n) is 3.60. The normalized spacial score (nSPS) is 13.5. The van der Waals surface area contributed by atoms with E-state index in [1.165, 1.54) is 11.1 Å². The molecule has 0 radical (unpaired) electrons. The van der Waals surface area contributed by atoms with Gasteiger partial charge in [-0.1, -0.05) is 71.4 Å². The van der Waals surface area contributed by atoms with Gasteiger partial charge in [0.25, 0.3) is 0 Å². The zero-order valence-corrected chi connectivity index (χ0v) is 16.1. The van der Waals surface area contributed by atoms with Gasteiger partial charge in [0.05, 0.1) is 0 Å². The van der Waals surface area contributed by atoms with E-state index in [-0.39, 0.29) is 0 Å². The number of rotatable bonds is 4. The molecule has 0 heterocycles. The maximum atomic E-state index is 3.83. The predicted molar refractivity (Wildman–Crippen MR) is 98.4 cm³/mol. The Morgan fingerprint density at radius 2 is 1.19 bits per heavy atom. The molecule has 0 aliphatic heterocycles. The van der Waals surface area contributed by atoms with Crippen molar-refractivity contribution in [3.63, 3.8) is 0 Å². The van der Waals surface area contributed by atoms with Crippen LogP contribution >= 0.6 is 0 Å². The van der Waals surface area contributed by atoms with Gasteiger partial charge in [-0.2, -0.15) is 0 Å². The highest BCUT2D eigenvalue weighted by Gasteiger charge is 2.41. The first-order chi connectivity index (χ1) is 9.71. The Balaban J connectivity index is 3.13. The van der Waals surface area contributed by atoms with Crippen LogP contribution in [-0.4, -0.2) is 8.07 Å². The number of aryl methyl sites for hydroxylation is 1. The van der Waals surface area contributed by atoms with E-state index in [9.17, 15) is 0 Å². The molecule has 0 aliphatic rings. The SMILES string of the molecule is Cc1ccc(C(C)C#C[Si](C(C)C)(C(C)C)C(C)C)cc1. The second kappa shape index (κ2) is 7.32. The minimum Gasteiger partial charge on any atom is -0.130 e. The first-order valence-corrected chi connectivity index (χ1v) is 10.5. The van der Waals surface area contributed by atoms with Gasteiger partial charge in [-0.3, -0.25) is 0 Å². The summed E-state index contributed by atoms with van der Waals surface area (Å²) in [7, 11) is -1.60. The zero-order valence-electron chi connectivity index (χ0n) is 15.1. The van der Waals surface area contributed by atoms with Crippen molar-refractivity contribution in [2.45, 2.75) is 77.9 Å². The van der Waals surface area contributed by atoms with Crippen LogP contribution in [0.3, 0.4) is 0 Å². The third-order valence-electron chi connectivity index (χ3n) is 4.95. The van der Waals surface area contributed by atoms with Crippen molar-refractivity contribution in [3.8, 4) is 11.5 Å². The summed E-state index contributed by atoms with van der Waals surface area (Å²) in [6.07, 6.45) is 0. The molecule has 1 heteroatoms. The van der Waals surface area contributed by atoms with Crippen LogP contribution in [0.15, 0.2) is 24.3 Å². The van der Waals surface area contributed by atoms with Gasteiger partial charge in [-0.15, -0.1) is 11.5 Å². The van der Waals surface area contributed by atoms with Gasteiger partial charge >= 0.3 is 0 Å². The van der Waals surface area contributed by atoms with Crippen LogP contribution in [0, 0.1) is 18.4 Å². The second-order valence-electron chi connectivity index (χ2n) is 7.30. The molecule has 0 saturated carbocycles. The molecule has 1 aromatic carbocycles. The number of hydrogen-bond donors (Lipinski definition) is 0. The lowest BCUT2D eigenvalue weighted by molar-refractivity contribution is 0.837. The van der Waals surface area contributed by atoms with E-state index in [2.05, 4.69) is 91.1 Å². The second-order valence-corrected chi connectivity index (χ2v) is 12.9. The van der Waals surface area contributed by atoms with Crippen molar-refractivity contribution in [1.82, 2.24) is 0 Å². The molecule has 0 aliphatic carbocycles. The van der Waals surface area contributed by atoms with E-state index in [4.69, 9.17) is 0 Å². The Morgan fingerprint density at radius 1 is 0.762 bits per heavy atom. The van der Waals surface area contributed by atoms with Gasteiger partial charge in [-0.05, 0) is 36.0 Å². The fraction of sp³-hybridized carbons (Fsp3) is 0.600. The molecule has 1 atom stereocenters. The molecule has 0 saturated heterocycles. The van der Waals surface area contributed by atoms with Crippen LogP contribution in [0.25, 0.3) is 0 Å². The Hall–Kier alpha value is -1.00. The third-order valence-corrected chi connectivity index (χ3v) is 11.3. The van der Waals surface area contributed by atoms with Crippen LogP contribution in [0.4, 0.5) is 0 Å². The minimum absolute atomic E-state index is 0.328. The molecule has 0 bridgehead atoms. The third kappa shape index (κ3) is 4.01. The fourth-order valence-corrected chi connectivity index (χ4v) is 8.94. The van der Waals surface area contributed by atoms with E-state index in [0.29, 0.717) is 22.5 Å². The summed E-state index contributed by atoms with van der Waals surface area (Å²) in [6, 6.07) is 8.81. The quantitative estimate of drug-likeness (QED) is 0.451. The van der Waals surface area contributed by atoms with Gasteiger partial charge in [0, 0.05) is 5.92 Å². The largest absolute Gasteiger partial charge is 0.145 e. The Labute approximate surface area is 133 Å². The Morgan fingerprint density at radius 3 is 1.57 bits per heavy atom. The maximum absolute atomic E-state index is 3.83. The maximum Gasteiger partial charge on any atom is 0.145 e. The van der Waals surface area contributed by atoms with Crippen molar-refractivity contribution in [1.29, 1.82) is 0 Å². The van der Waals surface area contributed by atoms with Gasteiger partial charge in [0.1, 0.15) is 8.07 Å². The topological polar surface area (TPSA) is 0 Å². The average Bonchev–Trinajstić information content (AvgIpc) is 2.38. The molecule has 0 fully saturated rings. The Kier molecular flexibility index (Phi) is 6.29. The molecule has 1 unspecified atom stereocenters. The van der Waals surface area contributed by atoms with Crippen molar-refractivity contribution >= 4 is 8.07 Å². The molecule has 1 rings (SSSR count). The molecule has 0 aromatic heterocycles. The summed E-state index contributed by atoms with van der Waals surface area (Å²) in [5.74, 6) is 3.94. The lowest BCUT2D eigenvalue weighted by Gasteiger charge is -2.38. The average molecular weight is 301 g/mol. The molecule has 1 aromatic rings. The first-order valence-electron chi connectivity index (χ1n) is 8.31. The number of benzene rings is 1.